The lowest BCUT2D eigenvalue weighted by Gasteiger charge is -2.07. The van der Waals surface area contributed by atoms with Crippen molar-refractivity contribution in [2.24, 2.45) is 0 Å². The summed E-state index contributed by atoms with van der Waals surface area (Å²) in [6.45, 7) is 0. The molecular weight excluding hydrogens is 293 g/mol. The molecule has 0 amide bonds. The van der Waals surface area contributed by atoms with Gasteiger partial charge in [0.1, 0.15) is 11.6 Å². The number of anilines is 2. The minimum Gasteiger partial charge on any atom is -0.340 e. The van der Waals surface area contributed by atoms with Gasteiger partial charge in [0.15, 0.2) is 5.82 Å². The molecule has 6 heteroatoms. The molecule has 0 unspecified atom stereocenters. The predicted molar refractivity (Wildman–Crippen MR) is 86.8 cm³/mol. The van der Waals surface area contributed by atoms with Crippen LogP contribution in [0.5, 0.6) is 0 Å². The molecule has 0 aliphatic rings. The average molecular weight is 305 g/mol. The fraction of sp³-hybridized carbons (Fsp3) is 0. The fourth-order valence-corrected chi connectivity index (χ4v) is 2.33. The van der Waals surface area contributed by atoms with Gasteiger partial charge in [-0.15, -0.1) is 0 Å². The van der Waals surface area contributed by atoms with Crippen LogP contribution in [-0.2, 0) is 0 Å². The van der Waals surface area contributed by atoms with Crippen molar-refractivity contribution >= 4 is 22.4 Å². The molecule has 23 heavy (non-hydrogen) atoms. The topological polar surface area (TPSA) is 66.5 Å². The molecule has 0 spiro atoms. The Morgan fingerprint density at radius 2 is 1.87 bits per heavy atom. The molecular formula is C17H12FN5. The number of nitrogens with zero attached hydrogens (tertiary/aromatic N) is 3. The molecule has 0 radical (unpaired) electrons. The van der Waals surface area contributed by atoms with E-state index in [1.54, 1.807) is 30.6 Å². The van der Waals surface area contributed by atoms with Crippen LogP contribution in [0.2, 0.25) is 0 Å². The first-order valence-electron chi connectivity index (χ1n) is 7.07. The van der Waals surface area contributed by atoms with Crippen molar-refractivity contribution in [2.75, 3.05) is 5.32 Å². The van der Waals surface area contributed by atoms with Crippen molar-refractivity contribution in [3.63, 3.8) is 0 Å². The zero-order valence-corrected chi connectivity index (χ0v) is 12.0. The van der Waals surface area contributed by atoms with Crippen LogP contribution in [0.4, 0.5) is 15.9 Å². The summed E-state index contributed by atoms with van der Waals surface area (Å²) in [4.78, 5) is 8.70. The van der Waals surface area contributed by atoms with E-state index in [1.165, 1.54) is 12.1 Å². The summed E-state index contributed by atoms with van der Waals surface area (Å²) in [7, 11) is 0. The van der Waals surface area contributed by atoms with Crippen LogP contribution in [0.25, 0.3) is 22.3 Å². The lowest BCUT2D eigenvalue weighted by atomic mass is 10.2. The number of rotatable bonds is 3. The van der Waals surface area contributed by atoms with E-state index < -0.39 is 0 Å². The standard InChI is InChI=1S/C17H12FN5/c18-13-3-1-11(2-4-13)17-19-8-7-16(22-17)21-14-5-6-15-12(9-14)10-20-23-15/h1-10H,(H,20,23)(H,19,21,22). The largest absolute Gasteiger partial charge is 0.340 e. The average Bonchev–Trinajstić information content (AvgIpc) is 3.03. The normalized spacial score (nSPS) is 10.8. The minimum absolute atomic E-state index is 0.281. The van der Waals surface area contributed by atoms with E-state index in [4.69, 9.17) is 0 Å². The smallest absolute Gasteiger partial charge is 0.161 e. The molecule has 2 heterocycles. The number of nitrogens with one attached hydrogen (secondary N) is 2. The van der Waals surface area contributed by atoms with Crippen LogP contribution in [0.15, 0.2) is 60.9 Å². The predicted octanol–water partition coefficient (Wildman–Crippen LogP) is 3.90. The first kappa shape index (κ1) is 13.4. The van der Waals surface area contributed by atoms with E-state index in [0.717, 1.165) is 22.2 Å². The molecule has 2 N–H and O–H groups in total. The number of aromatic amines is 1. The van der Waals surface area contributed by atoms with Gasteiger partial charge in [-0.25, -0.2) is 14.4 Å². The van der Waals surface area contributed by atoms with Crippen LogP contribution in [0.1, 0.15) is 0 Å². The van der Waals surface area contributed by atoms with Gasteiger partial charge in [0.2, 0.25) is 0 Å². The van der Waals surface area contributed by atoms with Crippen LogP contribution in [0.3, 0.4) is 0 Å². The number of benzene rings is 2. The summed E-state index contributed by atoms with van der Waals surface area (Å²) in [6, 6.07) is 13.8. The number of hydrogen-bond donors (Lipinski definition) is 2. The lowest BCUT2D eigenvalue weighted by molar-refractivity contribution is 0.628. The Hall–Kier alpha value is -3.28. The van der Waals surface area contributed by atoms with Crippen LogP contribution in [0, 0.1) is 5.82 Å². The third kappa shape index (κ3) is 2.74. The van der Waals surface area contributed by atoms with E-state index >= 15 is 0 Å². The van der Waals surface area contributed by atoms with Gasteiger partial charge in [-0.3, -0.25) is 5.10 Å². The second kappa shape index (κ2) is 5.49. The fourth-order valence-electron chi connectivity index (χ4n) is 2.33. The van der Waals surface area contributed by atoms with Gasteiger partial charge in [-0.1, -0.05) is 0 Å². The monoisotopic (exact) mass is 305 g/mol. The molecule has 0 bridgehead atoms. The van der Waals surface area contributed by atoms with Gasteiger partial charge in [-0.05, 0) is 48.5 Å². The van der Waals surface area contributed by atoms with Gasteiger partial charge >= 0.3 is 0 Å². The highest BCUT2D eigenvalue weighted by Gasteiger charge is 2.04. The molecule has 4 rings (SSSR count). The second-order valence-corrected chi connectivity index (χ2v) is 5.07. The summed E-state index contributed by atoms with van der Waals surface area (Å²) < 4.78 is 13.0. The number of fused-ring (bicyclic) bond motifs is 1. The molecule has 0 saturated carbocycles. The van der Waals surface area contributed by atoms with Crippen LogP contribution in [-0.4, -0.2) is 20.2 Å². The summed E-state index contributed by atoms with van der Waals surface area (Å²) in [5.74, 6) is 0.929. The number of hydrogen-bond acceptors (Lipinski definition) is 4. The van der Waals surface area contributed by atoms with Crippen LogP contribution < -0.4 is 5.32 Å². The van der Waals surface area contributed by atoms with Crippen molar-refractivity contribution in [3.8, 4) is 11.4 Å². The maximum Gasteiger partial charge on any atom is 0.161 e. The number of halogens is 1. The molecule has 2 aromatic carbocycles. The van der Waals surface area contributed by atoms with E-state index in [2.05, 4.69) is 25.5 Å². The summed E-state index contributed by atoms with van der Waals surface area (Å²) in [6.07, 6.45) is 3.44. The van der Waals surface area contributed by atoms with Crippen molar-refractivity contribution < 1.29 is 4.39 Å². The van der Waals surface area contributed by atoms with Gasteiger partial charge < -0.3 is 5.32 Å². The van der Waals surface area contributed by atoms with Gasteiger partial charge in [-0.2, -0.15) is 5.10 Å². The van der Waals surface area contributed by atoms with E-state index in [0.29, 0.717) is 11.6 Å². The van der Waals surface area contributed by atoms with E-state index in [9.17, 15) is 4.39 Å². The Kier molecular flexibility index (Phi) is 3.20. The van der Waals surface area contributed by atoms with E-state index in [1.807, 2.05) is 18.2 Å². The van der Waals surface area contributed by atoms with Crippen molar-refractivity contribution in [1.29, 1.82) is 0 Å². The number of H-pyrrole nitrogens is 1. The summed E-state index contributed by atoms with van der Waals surface area (Å²) in [5.41, 5.74) is 2.65. The van der Waals surface area contributed by atoms with Gasteiger partial charge in [0.05, 0.1) is 11.7 Å². The van der Waals surface area contributed by atoms with Gasteiger partial charge in [0.25, 0.3) is 0 Å². The highest BCUT2D eigenvalue weighted by Crippen LogP contribution is 2.22. The Labute approximate surface area is 131 Å². The molecule has 4 aromatic rings. The molecule has 5 nitrogen and oxygen atoms in total. The van der Waals surface area contributed by atoms with E-state index in [-0.39, 0.29) is 5.82 Å². The first-order chi connectivity index (χ1) is 11.3. The van der Waals surface area contributed by atoms with Crippen molar-refractivity contribution in [2.45, 2.75) is 0 Å². The minimum atomic E-state index is -0.281. The third-order valence-corrected chi connectivity index (χ3v) is 3.47. The summed E-state index contributed by atoms with van der Waals surface area (Å²) in [5, 5.41) is 11.2. The quantitative estimate of drug-likeness (QED) is 0.602. The van der Waals surface area contributed by atoms with Crippen LogP contribution >= 0.6 is 0 Å². The molecule has 0 aliphatic carbocycles. The maximum absolute atomic E-state index is 13.0. The Morgan fingerprint density at radius 3 is 2.74 bits per heavy atom. The lowest BCUT2D eigenvalue weighted by Crippen LogP contribution is -1.96. The Morgan fingerprint density at radius 1 is 1.00 bits per heavy atom. The highest BCUT2D eigenvalue weighted by molar-refractivity contribution is 5.82. The van der Waals surface area contributed by atoms with Crippen molar-refractivity contribution in [3.05, 3.63) is 66.7 Å². The third-order valence-electron chi connectivity index (χ3n) is 3.47. The molecule has 0 aliphatic heterocycles. The molecule has 112 valence electrons. The van der Waals surface area contributed by atoms with Gasteiger partial charge in [0, 0.05) is 22.8 Å². The summed E-state index contributed by atoms with van der Waals surface area (Å²) >= 11 is 0. The Balaban J connectivity index is 1.64. The molecule has 0 fully saturated rings. The highest BCUT2D eigenvalue weighted by atomic mass is 19.1. The zero-order chi connectivity index (χ0) is 15.6. The number of aromatic nitrogens is 4. The zero-order valence-electron chi connectivity index (χ0n) is 12.0. The SMILES string of the molecule is Fc1ccc(-c2nccc(Nc3ccc4[nH]ncc4c3)n2)cc1. The Bertz CT molecular complexity index is 962. The van der Waals surface area contributed by atoms with Crippen molar-refractivity contribution in [1.82, 2.24) is 20.2 Å². The second-order valence-electron chi connectivity index (χ2n) is 5.07. The molecule has 0 atom stereocenters. The molecule has 2 aromatic heterocycles. The molecule has 0 saturated heterocycles. The maximum atomic E-state index is 13.0. The first-order valence-corrected chi connectivity index (χ1v) is 7.07.